The summed E-state index contributed by atoms with van der Waals surface area (Å²) in [6.07, 6.45) is 0. The number of nitrogens with zero attached hydrogens (tertiary/aromatic N) is 1. The maximum atomic E-state index is 5.84. The molecule has 0 saturated carbocycles. The van der Waals surface area contributed by atoms with Gasteiger partial charge >= 0.3 is 0 Å². The van der Waals surface area contributed by atoms with E-state index in [1.807, 2.05) is 31.1 Å². The van der Waals surface area contributed by atoms with Gasteiger partial charge in [0.05, 0.1) is 32.9 Å². The second-order valence-corrected chi connectivity index (χ2v) is 4.16. The average molecular weight is 254 g/mol. The van der Waals surface area contributed by atoms with Gasteiger partial charge in [-0.2, -0.15) is 0 Å². The van der Waals surface area contributed by atoms with Crippen LogP contribution in [0.4, 0.5) is 0 Å². The summed E-state index contributed by atoms with van der Waals surface area (Å²) in [6, 6.07) is 3.70. The van der Waals surface area contributed by atoms with Gasteiger partial charge in [-0.3, -0.25) is 0 Å². The summed E-state index contributed by atoms with van der Waals surface area (Å²) in [5.41, 5.74) is 6.78. The second-order valence-electron chi connectivity index (χ2n) is 4.16. The number of methoxy groups -OCH3 is 3. The molecular weight excluding hydrogens is 232 g/mol. The Labute approximate surface area is 108 Å². The van der Waals surface area contributed by atoms with Crippen LogP contribution in [0.15, 0.2) is 12.1 Å². The van der Waals surface area contributed by atoms with E-state index < -0.39 is 0 Å². The Kier molecular flexibility index (Phi) is 5.25. The fourth-order valence-electron chi connectivity index (χ4n) is 1.95. The molecule has 1 aromatic carbocycles. The average Bonchev–Trinajstić information content (AvgIpc) is 2.38. The highest BCUT2D eigenvalue weighted by Gasteiger charge is 2.23. The number of nitrogens with two attached hydrogens (primary N) is 1. The van der Waals surface area contributed by atoms with Gasteiger partial charge in [0.15, 0.2) is 0 Å². The van der Waals surface area contributed by atoms with E-state index in [-0.39, 0.29) is 6.04 Å². The summed E-state index contributed by atoms with van der Waals surface area (Å²) < 4.78 is 16.1. The number of ether oxygens (including phenoxy) is 3. The van der Waals surface area contributed by atoms with E-state index in [1.165, 1.54) is 0 Å². The largest absolute Gasteiger partial charge is 0.496 e. The lowest BCUT2D eigenvalue weighted by Gasteiger charge is -2.27. The fraction of sp³-hybridized carbons (Fsp3) is 0.538. The molecule has 0 radical (unpaired) electrons. The summed E-state index contributed by atoms with van der Waals surface area (Å²) >= 11 is 0. The van der Waals surface area contributed by atoms with Gasteiger partial charge in [-0.15, -0.1) is 0 Å². The predicted molar refractivity (Wildman–Crippen MR) is 71.6 cm³/mol. The zero-order valence-corrected chi connectivity index (χ0v) is 11.7. The van der Waals surface area contributed by atoms with Gasteiger partial charge in [0.25, 0.3) is 0 Å². The molecule has 0 aliphatic carbocycles. The minimum absolute atomic E-state index is 0.0285. The van der Waals surface area contributed by atoms with Crippen molar-refractivity contribution in [3.63, 3.8) is 0 Å². The van der Waals surface area contributed by atoms with Crippen molar-refractivity contribution in [2.24, 2.45) is 5.73 Å². The van der Waals surface area contributed by atoms with Gasteiger partial charge in [-0.1, -0.05) is 0 Å². The lowest BCUT2D eigenvalue weighted by Crippen LogP contribution is -2.28. The molecule has 0 saturated heterocycles. The standard InChI is InChI=1S/C13H22N2O3/c1-15(2)10(8-14)13-11(17-4)6-9(16-3)7-12(13)18-5/h6-7,10H,8,14H2,1-5H3/t10-/m0/s1. The molecule has 5 heteroatoms. The van der Waals surface area contributed by atoms with Crippen molar-refractivity contribution in [1.29, 1.82) is 0 Å². The molecule has 102 valence electrons. The van der Waals surface area contributed by atoms with Gasteiger partial charge < -0.3 is 24.8 Å². The van der Waals surface area contributed by atoms with E-state index in [0.717, 1.165) is 17.1 Å². The molecule has 1 atom stereocenters. The van der Waals surface area contributed by atoms with Crippen molar-refractivity contribution in [2.45, 2.75) is 6.04 Å². The summed E-state index contributed by atoms with van der Waals surface area (Å²) in [5, 5.41) is 0. The topological polar surface area (TPSA) is 57.0 Å². The summed E-state index contributed by atoms with van der Waals surface area (Å²) in [5.74, 6) is 2.13. The predicted octanol–water partition coefficient (Wildman–Crippen LogP) is 1.27. The van der Waals surface area contributed by atoms with Crippen LogP contribution in [0.3, 0.4) is 0 Å². The Morgan fingerprint density at radius 3 is 1.83 bits per heavy atom. The lowest BCUT2D eigenvalue weighted by molar-refractivity contribution is 0.281. The molecule has 2 N–H and O–H groups in total. The summed E-state index contributed by atoms with van der Waals surface area (Å²) in [6.45, 7) is 0.478. The van der Waals surface area contributed by atoms with Crippen molar-refractivity contribution >= 4 is 0 Å². The summed E-state index contributed by atoms with van der Waals surface area (Å²) in [7, 11) is 8.81. The maximum Gasteiger partial charge on any atom is 0.131 e. The van der Waals surface area contributed by atoms with E-state index in [4.69, 9.17) is 19.9 Å². The van der Waals surface area contributed by atoms with Gasteiger partial charge in [0.2, 0.25) is 0 Å². The van der Waals surface area contributed by atoms with Crippen LogP contribution in [0.5, 0.6) is 17.2 Å². The van der Waals surface area contributed by atoms with Crippen LogP contribution in [0.2, 0.25) is 0 Å². The summed E-state index contributed by atoms with van der Waals surface area (Å²) in [4.78, 5) is 2.03. The molecular formula is C13H22N2O3. The zero-order valence-electron chi connectivity index (χ0n) is 11.7. The molecule has 0 heterocycles. The first-order chi connectivity index (χ1) is 8.58. The molecule has 5 nitrogen and oxygen atoms in total. The molecule has 0 unspecified atom stereocenters. The molecule has 0 fully saturated rings. The molecule has 0 aliphatic rings. The molecule has 0 amide bonds. The quantitative estimate of drug-likeness (QED) is 0.828. The van der Waals surface area contributed by atoms with E-state index in [2.05, 4.69) is 0 Å². The molecule has 0 spiro atoms. The Morgan fingerprint density at radius 2 is 1.56 bits per heavy atom. The Balaban J connectivity index is 3.38. The first-order valence-electron chi connectivity index (χ1n) is 5.75. The smallest absolute Gasteiger partial charge is 0.131 e. The molecule has 0 aromatic heterocycles. The maximum absolute atomic E-state index is 5.84. The molecule has 1 aromatic rings. The number of rotatable bonds is 6. The Bertz CT molecular complexity index is 369. The Morgan fingerprint density at radius 1 is 1.06 bits per heavy atom. The van der Waals surface area contributed by atoms with E-state index in [9.17, 15) is 0 Å². The van der Waals surface area contributed by atoms with Crippen LogP contribution < -0.4 is 19.9 Å². The molecule has 18 heavy (non-hydrogen) atoms. The lowest BCUT2D eigenvalue weighted by atomic mass is 10.0. The van der Waals surface area contributed by atoms with E-state index >= 15 is 0 Å². The number of likely N-dealkylation sites (N-methyl/N-ethyl adjacent to an activating group) is 1. The van der Waals surface area contributed by atoms with Gasteiger partial charge in [0, 0.05) is 18.7 Å². The second kappa shape index (κ2) is 6.47. The van der Waals surface area contributed by atoms with Crippen molar-refractivity contribution in [1.82, 2.24) is 4.90 Å². The van der Waals surface area contributed by atoms with Crippen LogP contribution in [0.25, 0.3) is 0 Å². The normalized spacial score (nSPS) is 12.4. The number of hydrogen-bond acceptors (Lipinski definition) is 5. The third-order valence-corrected chi connectivity index (χ3v) is 2.93. The van der Waals surface area contributed by atoms with Crippen molar-refractivity contribution in [3.8, 4) is 17.2 Å². The molecule has 0 aliphatic heterocycles. The Hall–Kier alpha value is -1.46. The van der Waals surface area contributed by atoms with Crippen molar-refractivity contribution in [2.75, 3.05) is 42.0 Å². The first-order valence-corrected chi connectivity index (χ1v) is 5.75. The number of hydrogen-bond donors (Lipinski definition) is 1. The monoisotopic (exact) mass is 254 g/mol. The van der Waals surface area contributed by atoms with Crippen LogP contribution in [0, 0.1) is 0 Å². The molecule has 1 rings (SSSR count). The zero-order chi connectivity index (χ0) is 13.7. The van der Waals surface area contributed by atoms with Crippen LogP contribution in [-0.2, 0) is 0 Å². The van der Waals surface area contributed by atoms with Crippen LogP contribution in [-0.4, -0.2) is 46.9 Å². The van der Waals surface area contributed by atoms with Crippen molar-refractivity contribution in [3.05, 3.63) is 17.7 Å². The first kappa shape index (κ1) is 14.6. The minimum Gasteiger partial charge on any atom is -0.496 e. The third kappa shape index (κ3) is 2.86. The highest BCUT2D eigenvalue weighted by molar-refractivity contribution is 5.52. The number of benzene rings is 1. The molecule has 0 bridgehead atoms. The fourth-order valence-corrected chi connectivity index (χ4v) is 1.95. The highest BCUT2D eigenvalue weighted by Crippen LogP contribution is 2.39. The third-order valence-electron chi connectivity index (χ3n) is 2.93. The minimum atomic E-state index is 0.0285. The van der Waals surface area contributed by atoms with Gasteiger partial charge in [-0.25, -0.2) is 0 Å². The SMILES string of the molecule is COc1cc(OC)c([C@H](CN)N(C)C)c(OC)c1. The van der Waals surface area contributed by atoms with Crippen molar-refractivity contribution < 1.29 is 14.2 Å². The van der Waals surface area contributed by atoms with Crippen LogP contribution >= 0.6 is 0 Å². The highest BCUT2D eigenvalue weighted by atomic mass is 16.5. The van der Waals surface area contributed by atoms with Gasteiger partial charge in [-0.05, 0) is 14.1 Å². The van der Waals surface area contributed by atoms with Gasteiger partial charge in [0.1, 0.15) is 17.2 Å². The van der Waals surface area contributed by atoms with E-state index in [1.54, 1.807) is 21.3 Å². The van der Waals surface area contributed by atoms with E-state index in [0.29, 0.717) is 12.3 Å². The van der Waals surface area contributed by atoms with Crippen LogP contribution in [0.1, 0.15) is 11.6 Å².